The molecule has 2 atom stereocenters. The van der Waals surface area contributed by atoms with Crippen molar-refractivity contribution in [2.45, 2.75) is 174 Å². The van der Waals surface area contributed by atoms with Gasteiger partial charge in [0.15, 0.2) is 6.10 Å². The van der Waals surface area contributed by atoms with Gasteiger partial charge in [-0.2, -0.15) is 0 Å². The van der Waals surface area contributed by atoms with E-state index >= 15 is 0 Å². The zero-order valence-electron chi connectivity index (χ0n) is 35.3. The van der Waals surface area contributed by atoms with Crippen LogP contribution in [0.1, 0.15) is 168 Å². The second-order valence-electron chi connectivity index (χ2n) is 14.5. The molecule has 0 aliphatic rings. The molecule has 0 aromatic rings. The Bertz CT molecular complexity index is 1100. The van der Waals surface area contributed by atoms with E-state index in [4.69, 9.17) is 18.5 Å². The van der Waals surface area contributed by atoms with Gasteiger partial charge in [0.25, 0.3) is 0 Å². The van der Waals surface area contributed by atoms with Gasteiger partial charge in [-0.05, 0) is 91.1 Å². The minimum atomic E-state index is -4.38. The van der Waals surface area contributed by atoms with Crippen LogP contribution in [0.3, 0.4) is 0 Å². The Hall–Kier alpha value is -2.29. The number of phosphoric acid groups is 1. The fourth-order valence-electron chi connectivity index (χ4n) is 5.44. The van der Waals surface area contributed by atoms with E-state index < -0.39 is 32.5 Å². The zero-order valence-corrected chi connectivity index (χ0v) is 36.2. The lowest BCUT2D eigenvalue weighted by Gasteiger charge is -2.20. The van der Waals surface area contributed by atoms with Crippen LogP contribution in [0.5, 0.6) is 0 Å². The summed E-state index contributed by atoms with van der Waals surface area (Å²) in [6.45, 7) is 4.20. The first-order chi connectivity index (χ1) is 26.7. The summed E-state index contributed by atoms with van der Waals surface area (Å²) in [6.07, 6.45) is 45.6. The normalized spacial score (nSPS) is 14.0. The van der Waals surface area contributed by atoms with Gasteiger partial charge in [0, 0.05) is 19.4 Å². The summed E-state index contributed by atoms with van der Waals surface area (Å²) >= 11 is 0. The van der Waals surface area contributed by atoms with Crippen molar-refractivity contribution in [1.82, 2.24) is 4.90 Å². The number of rotatable bonds is 39. The van der Waals surface area contributed by atoms with Gasteiger partial charge < -0.3 is 19.3 Å². The summed E-state index contributed by atoms with van der Waals surface area (Å²) < 4.78 is 33.4. The van der Waals surface area contributed by atoms with Gasteiger partial charge >= 0.3 is 19.8 Å². The summed E-state index contributed by atoms with van der Waals surface area (Å²) in [5.41, 5.74) is 0. The Morgan fingerprint density at radius 3 is 1.55 bits per heavy atom. The van der Waals surface area contributed by atoms with Gasteiger partial charge in [0.2, 0.25) is 0 Å². The van der Waals surface area contributed by atoms with Crippen molar-refractivity contribution in [2.24, 2.45) is 0 Å². The first-order valence-corrected chi connectivity index (χ1v) is 23.1. The predicted molar refractivity (Wildman–Crippen MR) is 229 cm³/mol. The molecule has 0 spiro atoms. The van der Waals surface area contributed by atoms with Crippen molar-refractivity contribution < 1.29 is 37.6 Å². The Morgan fingerprint density at radius 2 is 1.00 bits per heavy atom. The van der Waals surface area contributed by atoms with E-state index in [0.29, 0.717) is 19.4 Å². The van der Waals surface area contributed by atoms with E-state index in [9.17, 15) is 19.0 Å². The monoisotopic (exact) mass is 794 g/mol. The highest BCUT2D eigenvalue weighted by molar-refractivity contribution is 7.47. The lowest BCUT2D eigenvalue weighted by Crippen LogP contribution is -2.29. The molecule has 1 N–H and O–H groups in total. The van der Waals surface area contributed by atoms with E-state index in [2.05, 4.69) is 68.5 Å². The van der Waals surface area contributed by atoms with Crippen molar-refractivity contribution in [3.63, 3.8) is 0 Å². The Kier molecular flexibility index (Phi) is 38.3. The molecule has 0 fully saturated rings. The van der Waals surface area contributed by atoms with Crippen molar-refractivity contribution in [1.29, 1.82) is 0 Å². The smallest absolute Gasteiger partial charge is 0.462 e. The number of nitrogens with zero attached hydrogens (tertiary/aromatic N) is 1. The van der Waals surface area contributed by atoms with Crippen molar-refractivity contribution in [3.05, 3.63) is 60.8 Å². The van der Waals surface area contributed by atoms with Gasteiger partial charge in [-0.15, -0.1) is 0 Å². The van der Waals surface area contributed by atoms with Gasteiger partial charge in [-0.3, -0.25) is 18.6 Å². The molecule has 0 heterocycles. The van der Waals surface area contributed by atoms with E-state index in [1.165, 1.54) is 64.2 Å². The fourth-order valence-corrected chi connectivity index (χ4v) is 6.18. The minimum absolute atomic E-state index is 0.00651. The van der Waals surface area contributed by atoms with E-state index in [-0.39, 0.29) is 26.1 Å². The highest BCUT2D eigenvalue weighted by Gasteiger charge is 2.26. The fraction of sp³-hybridized carbons (Fsp3) is 0.733. The Labute approximate surface area is 336 Å². The van der Waals surface area contributed by atoms with E-state index in [0.717, 1.165) is 64.2 Å². The summed E-state index contributed by atoms with van der Waals surface area (Å²) in [4.78, 5) is 37.0. The molecule has 9 nitrogen and oxygen atoms in total. The second-order valence-corrected chi connectivity index (χ2v) is 16.0. The van der Waals surface area contributed by atoms with Crippen molar-refractivity contribution in [3.8, 4) is 0 Å². The lowest BCUT2D eigenvalue weighted by molar-refractivity contribution is -0.161. The highest BCUT2D eigenvalue weighted by Crippen LogP contribution is 2.43. The summed E-state index contributed by atoms with van der Waals surface area (Å²) in [5, 5.41) is 0. The van der Waals surface area contributed by atoms with Crippen LogP contribution in [-0.4, -0.2) is 68.3 Å². The van der Waals surface area contributed by atoms with E-state index in [1.54, 1.807) is 4.90 Å². The minimum Gasteiger partial charge on any atom is -0.462 e. The van der Waals surface area contributed by atoms with Crippen LogP contribution < -0.4 is 0 Å². The number of hydrogen-bond acceptors (Lipinski definition) is 8. The van der Waals surface area contributed by atoms with Crippen LogP contribution in [-0.2, 0) is 32.7 Å². The maximum atomic E-state index is 12.6. The maximum Gasteiger partial charge on any atom is 0.472 e. The average Bonchev–Trinajstić information content (AvgIpc) is 3.15. The summed E-state index contributed by atoms with van der Waals surface area (Å²) in [7, 11) is -0.748. The number of allylic oxidation sites excluding steroid dienone is 10. The Balaban J connectivity index is 4.42. The first-order valence-electron chi connectivity index (χ1n) is 21.6. The molecule has 0 rings (SSSR count). The number of phosphoric ester groups is 1. The molecule has 10 heteroatoms. The maximum absolute atomic E-state index is 12.6. The Morgan fingerprint density at radius 1 is 0.564 bits per heavy atom. The van der Waals surface area contributed by atoms with Crippen LogP contribution in [0, 0.1) is 0 Å². The highest BCUT2D eigenvalue weighted by atomic mass is 31.2. The number of unbranched alkanes of at least 4 members (excludes halogenated alkanes) is 15. The number of likely N-dealkylation sites (N-methyl/N-ethyl adjacent to an activating group) is 1. The van der Waals surface area contributed by atoms with Gasteiger partial charge in [0.05, 0.1) is 13.2 Å². The van der Waals surface area contributed by atoms with Crippen LogP contribution in [0.4, 0.5) is 0 Å². The van der Waals surface area contributed by atoms with Crippen molar-refractivity contribution >= 4 is 19.8 Å². The number of carbonyl (C=O) groups excluding carboxylic acids is 2. The van der Waals surface area contributed by atoms with Gasteiger partial charge in [-0.1, -0.05) is 139 Å². The predicted octanol–water partition coefficient (Wildman–Crippen LogP) is 12.3. The molecule has 318 valence electrons. The summed E-state index contributed by atoms with van der Waals surface area (Å²) in [6, 6.07) is 0. The van der Waals surface area contributed by atoms with Crippen LogP contribution in [0.25, 0.3) is 0 Å². The molecule has 0 saturated heterocycles. The largest absolute Gasteiger partial charge is 0.472 e. The quantitative estimate of drug-likeness (QED) is 0.0281. The third-order valence-electron chi connectivity index (χ3n) is 8.80. The standard InChI is InChI=1S/C45H80NO8P/c1-5-7-9-11-13-15-17-19-21-22-24-26-28-30-32-34-36-38-45(48)54-43(42-53-55(49,50)52-40-39-46(3)4)41-51-44(47)37-35-33-31-29-27-25-23-20-18-16-14-12-10-8-6-2/h14,16,19-21,23-24,26,30,32,43H,5-13,15,17-18,22,25,27-29,31,33-42H2,1-4H3,(H,49,50)/b16-14-,21-19-,23-20-,26-24-,32-30-. The van der Waals surface area contributed by atoms with Gasteiger partial charge in [-0.25, -0.2) is 4.57 Å². The third kappa shape index (κ3) is 41.2. The second kappa shape index (κ2) is 39.9. The molecule has 0 aromatic heterocycles. The average molecular weight is 794 g/mol. The van der Waals surface area contributed by atoms with Crippen LogP contribution >= 0.6 is 7.82 Å². The van der Waals surface area contributed by atoms with Crippen LogP contribution in [0.15, 0.2) is 60.8 Å². The number of carbonyl (C=O) groups is 2. The molecular formula is C45H80NO8P. The molecule has 0 radical (unpaired) electrons. The zero-order chi connectivity index (χ0) is 40.5. The number of ether oxygens (including phenoxy) is 2. The topological polar surface area (TPSA) is 112 Å². The number of hydrogen-bond donors (Lipinski definition) is 1. The third-order valence-corrected chi connectivity index (χ3v) is 9.78. The molecule has 0 bridgehead atoms. The van der Waals surface area contributed by atoms with Gasteiger partial charge in [0.1, 0.15) is 6.61 Å². The molecule has 0 aliphatic heterocycles. The summed E-state index contributed by atoms with van der Waals surface area (Å²) in [5.74, 6) is -0.884. The van der Waals surface area contributed by atoms with Crippen LogP contribution in [0.2, 0.25) is 0 Å². The molecular weight excluding hydrogens is 713 g/mol. The molecule has 0 aromatic carbocycles. The molecule has 0 amide bonds. The molecule has 0 saturated carbocycles. The van der Waals surface area contributed by atoms with E-state index in [1.807, 2.05) is 20.2 Å². The SMILES string of the molecule is CCCCC/C=C\C/C=C\CCCCCCCC(=O)OCC(COP(=O)(O)OCCN(C)C)OC(=O)CCC/C=C\C/C=C\C/C=C\CCCCCCCC. The lowest BCUT2D eigenvalue weighted by atomic mass is 10.1. The molecule has 55 heavy (non-hydrogen) atoms. The molecule has 0 aliphatic carbocycles. The number of esters is 2. The molecule has 2 unspecified atom stereocenters. The first kappa shape index (κ1) is 52.7. The van der Waals surface area contributed by atoms with Crippen molar-refractivity contribution in [2.75, 3.05) is 40.5 Å².